The van der Waals surface area contributed by atoms with Crippen molar-refractivity contribution in [3.63, 3.8) is 0 Å². The van der Waals surface area contributed by atoms with E-state index in [4.69, 9.17) is 4.74 Å². The molecule has 1 N–H and O–H groups in total. The van der Waals surface area contributed by atoms with Gasteiger partial charge < -0.3 is 10.1 Å². The molecule has 0 radical (unpaired) electrons. The van der Waals surface area contributed by atoms with Crippen molar-refractivity contribution >= 4 is 21.8 Å². The van der Waals surface area contributed by atoms with Crippen molar-refractivity contribution < 1.29 is 17.9 Å². The zero-order chi connectivity index (χ0) is 21.8. The summed E-state index contributed by atoms with van der Waals surface area (Å²) in [5.74, 6) is 0.338. The van der Waals surface area contributed by atoms with Gasteiger partial charge in [0.05, 0.1) is 18.8 Å². The molecule has 0 aliphatic rings. The van der Waals surface area contributed by atoms with E-state index in [-0.39, 0.29) is 18.5 Å². The highest BCUT2D eigenvalue weighted by Gasteiger charge is 2.29. The Morgan fingerprint density at radius 1 is 1.10 bits per heavy atom. The summed E-state index contributed by atoms with van der Waals surface area (Å²) in [6, 6.07) is 12.6. The van der Waals surface area contributed by atoms with Crippen molar-refractivity contribution in [1.82, 2.24) is 9.62 Å². The highest BCUT2D eigenvalue weighted by atomic mass is 32.2. The molecular formula is C21H29N3O4S. The Morgan fingerprint density at radius 3 is 2.28 bits per heavy atom. The summed E-state index contributed by atoms with van der Waals surface area (Å²) in [7, 11) is 0.644. The number of carbonyl (C=O) groups excluding carboxylic acids is 1. The average molecular weight is 420 g/mol. The van der Waals surface area contributed by atoms with Crippen molar-refractivity contribution in [3.8, 4) is 5.75 Å². The molecule has 8 heteroatoms. The molecule has 0 bridgehead atoms. The molecule has 0 heterocycles. The lowest BCUT2D eigenvalue weighted by molar-refractivity contribution is -0.120. The quantitative estimate of drug-likeness (QED) is 0.714. The van der Waals surface area contributed by atoms with Crippen LogP contribution >= 0.6 is 0 Å². The molecule has 0 aliphatic carbocycles. The van der Waals surface area contributed by atoms with Crippen LogP contribution in [0.4, 0.5) is 5.69 Å². The fourth-order valence-electron chi connectivity index (χ4n) is 2.87. The number of nitrogens with zero attached hydrogens (tertiary/aromatic N) is 2. The number of hydrogen-bond donors (Lipinski definition) is 1. The van der Waals surface area contributed by atoms with Crippen LogP contribution < -0.4 is 14.4 Å². The van der Waals surface area contributed by atoms with Gasteiger partial charge >= 0.3 is 10.2 Å². The van der Waals surface area contributed by atoms with E-state index >= 15 is 0 Å². The smallest absolute Gasteiger partial charge is 0.304 e. The Hall–Kier alpha value is -2.58. The topological polar surface area (TPSA) is 79.0 Å². The molecule has 1 atom stereocenters. The number of hydrogen-bond acceptors (Lipinski definition) is 4. The molecule has 2 rings (SSSR count). The summed E-state index contributed by atoms with van der Waals surface area (Å²) < 4.78 is 33.2. The van der Waals surface area contributed by atoms with Crippen LogP contribution in [0.1, 0.15) is 29.7 Å². The molecule has 29 heavy (non-hydrogen) atoms. The third kappa shape index (κ3) is 5.48. The highest BCUT2D eigenvalue weighted by Crippen LogP contribution is 2.25. The molecule has 1 unspecified atom stereocenters. The Balaban J connectivity index is 2.26. The second kappa shape index (κ2) is 9.28. The van der Waals surface area contributed by atoms with Gasteiger partial charge in [-0.1, -0.05) is 24.3 Å². The first-order valence-corrected chi connectivity index (χ1v) is 10.7. The first kappa shape index (κ1) is 22.7. The van der Waals surface area contributed by atoms with E-state index in [9.17, 15) is 13.2 Å². The Bertz CT molecular complexity index is 956. The van der Waals surface area contributed by atoms with Gasteiger partial charge in [0.15, 0.2) is 0 Å². The maximum atomic E-state index is 12.9. The minimum Gasteiger partial charge on any atom is -0.497 e. The van der Waals surface area contributed by atoms with E-state index in [2.05, 4.69) is 5.32 Å². The Labute approximate surface area is 173 Å². The number of rotatable bonds is 8. The first-order chi connectivity index (χ1) is 13.6. The number of aryl methyl sites for hydroxylation is 2. The summed E-state index contributed by atoms with van der Waals surface area (Å²) in [6.45, 7) is 5.24. The molecule has 1 amide bonds. The predicted molar refractivity (Wildman–Crippen MR) is 115 cm³/mol. The standard InChI is InChI=1S/C21H29N3O4S/c1-15-7-8-16(2)20(13-15)24(29(26,27)23(4)5)14-21(25)22-17(3)18-9-11-19(28-6)12-10-18/h7-13,17H,14H2,1-6H3,(H,22,25). The van der Waals surface area contributed by atoms with Crippen LogP contribution in [-0.2, 0) is 15.0 Å². The lowest BCUT2D eigenvalue weighted by Gasteiger charge is -2.29. The number of benzene rings is 2. The average Bonchev–Trinajstić information content (AvgIpc) is 2.68. The van der Waals surface area contributed by atoms with E-state index in [1.807, 2.05) is 57.2 Å². The summed E-state index contributed by atoms with van der Waals surface area (Å²) in [5.41, 5.74) is 3.08. The van der Waals surface area contributed by atoms with E-state index in [0.717, 1.165) is 31.1 Å². The molecule has 0 aromatic heterocycles. The summed E-state index contributed by atoms with van der Waals surface area (Å²) >= 11 is 0. The van der Waals surface area contributed by atoms with Crippen LogP contribution in [0.5, 0.6) is 5.75 Å². The van der Waals surface area contributed by atoms with E-state index < -0.39 is 10.2 Å². The summed E-state index contributed by atoms with van der Waals surface area (Å²) in [6.07, 6.45) is 0. The van der Waals surface area contributed by atoms with Gasteiger partial charge in [-0.05, 0) is 55.7 Å². The lowest BCUT2D eigenvalue weighted by atomic mass is 10.1. The number of anilines is 1. The second-order valence-electron chi connectivity index (χ2n) is 7.15. The van der Waals surface area contributed by atoms with Gasteiger partial charge in [-0.25, -0.2) is 4.31 Å². The van der Waals surface area contributed by atoms with Gasteiger partial charge in [0.25, 0.3) is 0 Å². The minimum absolute atomic E-state index is 0.282. The number of ether oxygens (including phenoxy) is 1. The molecule has 0 spiro atoms. The SMILES string of the molecule is COc1ccc(C(C)NC(=O)CN(c2cc(C)ccc2C)S(=O)(=O)N(C)C)cc1. The monoisotopic (exact) mass is 419 g/mol. The van der Waals surface area contributed by atoms with Crippen LogP contribution in [0.25, 0.3) is 0 Å². The van der Waals surface area contributed by atoms with Gasteiger partial charge in [0, 0.05) is 14.1 Å². The van der Waals surface area contributed by atoms with Gasteiger partial charge in [-0.15, -0.1) is 0 Å². The molecule has 2 aromatic carbocycles. The fourth-order valence-corrected chi connectivity index (χ4v) is 3.99. The maximum Gasteiger partial charge on any atom is 0.304 e. The molecular weight excluding hydrogens is 390 g/mol. The van der Waals surface area contributed by atoms with E-state index in [1.54, 1.807) is 13.2 Å². The zero-order valence-electron chi connectivity index (χ0n) is 17.8. The second-order valence-corrected chi connectivity index (χ2v) is 9.22. The molecule has 2 aromatic rings. The number of methoxy groups -OCH3 is 1. The summed E-state index contributed by atoms with van der Waals surface area (Å²) in [4.78, 5) is 12.7. The van der Waals surface area contributed by atoms with Gasteiger partial charge in [0.2, 0.25) is 5.91 Å². The van der Waals surface area contributed by atoms with Crippen molar-refractivity contribution in [2.45, 2.75) is 26.8 Å². The maximum absolute atomic E-state index is 12.9. The molecule has 0 fully saturated rings. The molecule has 0 saturated carbocycles. The van der Waals surface area contributed by atoms with Crippen LogP contribution in [-0.4, -0.2) is 46.4 Å². The molecule has 158 valence electrons. The first-order valence-electron chi connectivity index (χ1n) is 9.27. The van der Waals surface area contributed by atoms with Crippen LogP contribution in [0.3, 0.4) is 0 Å². The Morgan fingerprint density at radius 2 is 1.72 bits per heavy atom. The van der Waals surface area contributed by atoms with E-state index in [1.165, 1.54) is 14.1 Å². The fraction of sp³-hybridized carbons (Fsp3) is 0.381. The van der Waals surface area contributed by atoms with Crippen LogP contribution in [0.2, 0.25) is 0 Å². The lowest BCUT2D eigenvalue weighted by Crippen LogP contribution is -2.46. The van der Waals surface area contributed by atoms with Crippen molar-refractivity contribution in [2.75, 3.05) is 32.1 Å². The van der Waals surface area contributed by atoms with Crippen LogP contribution in [0.15, 0.2) is 42.5 Å². The third-order valence-electron chi connectivity index (χ3n) is 4.65. The van der Waals surface area contributed by atoms with Gasteiger partial charge in [-0.2, -0.15) is 12.7 Å². The predicted octanol–water partition coefficient (Wildman–Crippen LogP) is 2.80. The van der Waals surface area contributed by atoms with E-state index in [0.29, 0.717) is 5.69 Å². The van der Waals surface area contributed by atoms with Gasteiger partial charge in [-0.3, -0.25) is 4.79 Å². The Kier molecular flexibility index (Phi) is 7.26. The third-order valence-corrected chi connectivity index (χ3v) is 6.46. The largest absolute Gasteiger partial charge is 0.497 e. The minimum atomic E-state index is -3.85. The zero-order valence-corrected chi connectivity index (χ0v) is 18.6. The number of amides is 1. The summed E-state index contributed by atoms with van der Waals surface area (Å²) in [5, 5.41) is 2.87. The van der Waals surface area contributed by atoms with Crippen molar-refractivity contribution in [1.29, 1.82) is 0 Å². The number of carbonyl (C=O) groups is 1. The van der Waals surface area contributed by atoms with Crippen LogP contribution in [0, 0.1) is 13.8 Å². The van der Waals surface area contributed by atoms with Gasteiger partial charge in [0.1, 0.15) is 12.3 Å². The highest BCUT2D eigenvalue weighted by molar-refractivity contribution is 7.90. The molecule has 7 nitrogen and oxygen atoms in total. The normalized spacial score (nSPS) is 12.5. The van der Waals surface area contributed by atoms with Crippen molar-refractivity contribution in [2.24, 2.45) is 0 Å². The van der Waals surface area contributed by atoms with Crippen molar-refractivity contribution in [3.05, 3.63) is 59.2 Å². The molecule has 0 saturated heterocycles. The number of nitrogens with one attached hydrogen (secondary N) is 1. The molecule has 0 aliphatic heterocycles.